The summed E-state index contributed by atoms with van der Waals surface area (Å²) in [4.78, 5) is 3.36. The van der Waals surface area contributed by atoms with E-state index < -0.39 is 10.4 Å². The van der Waals surface area contributed by atoms with Crippen molar-refractivity contribution in [2.45, 2.75) is 4.90 Å². The highest BCUT2D eigenvalue weighted by molar-refractivity contribution is 8.03. The van der Waals surface area contributed by atoms with E-state index in [1.54, 1.807) is 11.8 Å². The Morgan fingerprint density at radius 1 is 1.10 bits per heavy atom. The van der Waals surface area contributed by atoms with Gasteiger partial charge in [0.2, 0.25) is 21.6 Å². The maximum Gasteiger partial charge on any atom is 0.217 e. The molecule has 3 aromatic rings. The second-order valence-electron chi connectivity index (χ2n) is 6.47. The van der Waals surface area contributed by atoms with Crippen LogP contribution in [0.4, 0.5) is 5.69 Å². The summed E-state index contributed by atoms with van der Waals surface area (Å²) in [5.74, 6) is 0. The molecule has 0 amide bonds. The SMILES string of the molecule is CN1/C(=C/c2ccc3cc(Cl)c(Cl)cc3[n+]2C)Sc2ccc(Cl)cc21.COS(=O)(=O)[O-]. The van der Waals surface area contributed by atoms with E-state index in [-0.39, 0.29) is 0 Å². The lowest BCUT2D eigenvalue weighted by atomic mass is 10.2. The van der Waals surface area contributed by atoms with Crippen LogP contribution in [0.5, 0.6) is 0 Å². The summed E-state index contributed by atoms with van der Waals surface area (Å²) in [6.45, 7) is 0. The first kappa shape index (κ1) is 24.1. The van der Waals surface area contributed by atoms with Gasteiger partial charge in [0.1, 0.15) is 7.05 Å². The number of benzene rings is 2. The Hall–Kier alpha value is -1.52. The minimum atomic E-state index is -4.41. The summed E-state index contributed by atoms with van der Waals surface area (Å²) in [6, 6.07) is 13.9. The monoisotopic (exact) mass is 518 g/mol. The van der Waals surface area contributed by atoms with Crippen molar-refractivity contribution in [1.82, 2.24) is 0 Å². The molecule has 1 aliphatic heterocycles. The third-order valence-corrected chi connectivity index (χ3v) is 7.09. The van der Waals surface area contributed by atoms with Crippen molar-refractivity contribution < 1.29 is 21.7 Å². The van der Waals surface area contributed by atoms with Crippen LogP contribution >= 0.6 is 46.6 Å². The number of hydrogen-bond donors (Lipinski definition) is 0. The molecule has 0 atom stereocenters. The van der Waals surface area contributed by atoms with Gasteiger partial charge in [-0.15, -0.1) is 0 Å². The van der Waals surface area contributed by atoms with Crippen LogP contribution in [-0.2, 0) is 21.6 Å². The Balaban J connectivity index is 0.000000401. The molecule has 0 radical (unpaired) electrons. The summed E-state index contributed by atoms with van der Waals surface area (Å²) < 4.78 is 33.1. The van der Waals surface area contributed by atoms with E-state index in [0.717, 1.165) is 39.4 Å². The molecule has 11 heteroatoms. The summed E-state index contributed by atoms with van der Waals surface area (Å²) >= 11 is 20.2. The molecule has 0 N–H and O–H groups in total. The first-order valence-corrected chi connectivity index (χ1v) is 12.0. The van der Waals surface area contributed by atoms with Crippen molar-refractivity contribution in [1.29, 1.82) is 0 Å². The fourth-order valence-electron chi connectivity index (χ4n) is 2.94. The van der Waals surface area contributed by atoms with Crippen molar-refractivity contribution in [3.8, 4) is 0 Å². The quantitative estimate of drug-likeness (QED) is 0.261. The summed E-state index contributed by atoms with van der Waals surface area (Å²) in [6.07, 6.45) is 2.17. The van der Waals surface area contributed by atoms with Gasteiger partial charge in [-0.1, -0.05) is 46.6 Å². The maximum atomic E-state index is 9.22. The summed E-state index contributed by atoms with van der Waals surface area (Å²) in [5.41, 5.74) is 3.25. The molecule has 0 bridgehead atoms. The molecule has 164 valence electrons. The number of aromatic nitrogens is 1. The zero-order chi connectivity index (χ0) is 22.9. The molecule has 2 aromatic carbocycles. The van der Waals surface area contributed by atoms with Crippen LogP contribution in [0.25, 0.3) is 17.0 Å². The number of nitrogens with zero attached hydrogens (tertiary/aromatic N) is 2. The normalized spacial score (nSPS) is 14.5. The van der Waals surface area contributed by atoms with E-state index in [4.69, 9.17) is 34.8 Å². The van der Waals surface area contributed by atoms with Gasteiger partial charge in [0.25, 0.3) is 0 Å². The molecule has 0 unspecified atom stereocenters. The van der Waals surface area contributed by atoms with Gasteiger partial charge in [0.15, 0.2) is 0 Å². The van der Waals surface area contributed by atoms with Crippen LogP contribution in [0.1, 0.15) is 5.69 Å². The Labute approximate surface area is 199 Å². The van der Waals surface area contributed by atoms with E-state index >= 15 is 0 Å². The van der Waals surface area contributed by atoms with Gasteiger partial charge in [-0.2, -0.15) is 4.57 Å². The predicted molar refractivity (Wildman–Crippen MR) is 126 cm³/mol. The minimum Gasteiger partial charge on any atom is -0.726 e. The first-order valence-electron chi connectivity index (χ1n) is 8.72. The average Bonchev–Trinajstić information content (AvgIpc) is 3.01. The van der Waals surface area contributed by atoms with Gasteiger partial charge in [-0.3, -0.25) is 4.18 Å². The number of pyridine rings is 1. The molecule has 1 aliphatic rings. The average molecular weight is 520 g/mol. The number of rotatable bonds is 2. The second-order valence-corrected chi connectivity index (χ2v) is 9.94. The number of hydrogen-bond acceptors (Lipinski definition) is 6. The van der Waals surface area contributed by atoms with Crippen molar-refractivity contribution in [3.05, 3.63) is 68.3 Å². The van der Waals surface area contributed by atoms with Crippen LogP contribution in [0.3, 0.4) is 0 Å². The molecular weight excluding hydrogens is 503 g/mol. The predicted octanol–water partition coefficient (Wildman–Crippen LogP) is 5.26. The molecule has 0 saturated heterocycles. The smallest absolute Gasteiger partial charge is 0.217 e. The summed E-state index contributed by atoms with van der Waals surface area (Å²) in [7, 11) is 0.480. The van der Waals surface area contributed by atoms with Gasteiger partial charge < -0.3 is 9.45 Å². The van der Waals surface area contributed by atoms with Crippen LogP contribution in [0.2, 0.25) is 15.1 Å². The van der Waals surface area contributed by atoms with Crippen LogP contribution in [0.15, 0.2) is 52.4 Å². The molecule has 1 aromatic heterocycles. The lowest BCUT2D eigenvalue weighted by Gasteiger charge is -2.13. The van der Waals surface area contributed by atoms with Crippen LogP contribution in [-0.4, -0.2) is 27.1 Å². The van der Waals surface area contributed by atoms with Gasteiger partial charge >= 0.3 is 0 Å². The topological polar surface area (TPSA) is 73.5 Å². The highest BCUT2D eigenvalue weighted by atomic mass is 35.5. The minimum absolute atomic E-state index is 0.559. The molecule has 0 saturated carbocycles. The standard InChI is InChI=1S/C19H14Cl3N2S.CH4O4S/c1-23-13(5-3-11-7-14(21)15(22)10-16(11)23)9-19-24(2)17-8-12(20)4-6-18(17)25-19;1-5-6(2,3)4/h3-10H,1-2H3;1H3,(H,2,3,4)/q+1;/p-1. The molecule has 0 fully saturated rings. The van der Waals surface area contributed by atoms with Crippen LogP contribution < -0.4 is 9.47 Å². The van der Waals surface area contributed by atoms with Crippen LogP contribution in [0, 0.1) is 0 Å². The molecule has 0 aliphatic carbocycles. The number of aryl methyl sites for hydroxylation is 1. The van der Waals surface area contributed by atoms with Gasteiger partial charge in [-0.25, -0.2) is 8.42 Å². The van der Waals surface area contributed by atoms with Crippen molar-refractivity contribution in [2.75, 3.05) is 19.1 Å². The number of fused-ring (bicyclic) bond motifs is 2. The van der Waals surface area contributed by atoms with Gasteiger partial charge in [0, 0.05) is 40.6 Å². The zero-order valence-corrected chi connectivity index (χ0v) is 20.5. The number of halogens is 3. The van der Waals surface area contributed by atoms with E-state index in [9.17, 15) is 13.0 Å². The third kappa shape index (κ3) is 5.64. The van der Waals surface area contributed by atoms with E-state index in [2.05, 4.69) is 45.0 Å². The molecule has 6 nitrogen and oxygen atoms in total. The highest BCUT2D eigenvalue weighted by Gasteiger charge is 2.24. The highest BCUT2D eigenvalue weighted by Crippen LogP contribution is 2.46. The molecule has 4 rings (SSSR count). The van der Waals surface area contributed by atoms with Crippen molar-refractivity contribution >= 4 is 79.6 Å². The molecule has 2 heterocycles. The van der Waals surface area contributed by atoms with Crippen molar-refractivity contribution in [2.24, 2.45) is 7.05 Å². The third-order valence-electron chi connectivity index (χ3n) is 4.55. The lowest BCUT2D eigenvalue weighted by molar-refractivity contribution is -0.646. The Kier molecular flexibility index (Phi) is 7.43. The Morgan fingerprint density at radius 3 is 2.39 bits per heavy atom. The molecule has 31 heavy (non-hydrogen) atoms. The van der Waals surface area contributed by atoms with E-state index in [1.807, 2.05) is 31.3 Å². The lowest BCUT2D eigenvalue weighted by Crippen LogP contribution is -2.33. The van der Waals surface area contributed by atoms with Crippen molar-refractivity contribution in [3.63, 3.8) is 0 Å². The van der Waals surface area contributed by atoms with Gasteiger partial charge in [0.05, 0.1) is 27.9 Å². The fraction of sp³-hybridized carbons (Fsp3) is 0.150. The zero-order valence-electron chi connectivity index (χ0n) is 16.6. The number of anilines is 1. The Bertz CT molecular complexity index is 1300. The second kappa shape index (κ2) is 9.54. The molecular formula is C20H17Cl3N2O4S2. The molecule has 0 spiro atoms. The fourth-order valence-corrected chi connectivity index (χ4v) is 4.51. The van der Waals surface area contributed by atoms with Gasteiger partial charge in [-0.05, 0) is 30.3 Å². The first-order chi connectivity index (χ1) is 14.5. The largest absolute Gasteiger partial charge is 0.726 e. The Morgan fingerprint density at radius 2 is 1.74 bits per heavy atom. The van der Waals surface area contributed by atoms with E-state index in [0.29, 0.717) is 10.0 Å². The summed E-state index contributed by atoms with van der Waals surface area (Å²) in [5, 5.41) is 4.08. The maximum absolute atomic E-state index is 9.22. The number of thioether (sulfide) groups is 1. The van der Waals surface area contributed by atoms with E-state index in [1.165, 1.54) is 4.90 Å².